The van der Waals surface area contributed by atoms with Gasteiger partial charge in [0.25, 0.3) is 0 Å². The Morgan fingerprint density at radius 2 is 1.82 bits per heavy atom. The van der Waals surface area contributed by atoms with Gasteiger partial charge in [-0.25, -0.2) is 0 Å². The summed E-state index contributed by atoms with van der Waals surface area (Å²) in [6.07, 6.45) is 8.10. The highest BCUT2D eigenvalue weighted by Crippen LogP contribution is 2.31. The first-order chi connectivity index (χ1) is 5.38. The molecule has 0 aromatic rings. The molecule has 1 saturated carbocycles. The summed E-state index contributed by atoms with van der Waals surface area (Å²) in [5.41, 5.74) is 0.356. The van der Waals surface area contributed by atoms with Crippen LogP contribution >= 0.6 is 11.6 Å². The van der Waals surface area contributed by atoms with Gasteiger partial charge in [0.15, 0.2) is 0 Å². The third kappa shape index (κ3) is 1.54. The molecule has 1 heterocycles. The molecule has 0 amide bonds. The van der Waals surface area contributed by atoms with Gasteiger partial charge in [-0.3, -0.25) is 4.90 Å². The molecule has 64 valence electrons. The molecule has 0 aromatic heterocycles. The Labute approximate surface area is 73.7 Å². The molecule has 2 aliphatic rings. The minimum Gasteiger partial charge on any atom is -0.284 e. The Bertz CT molecular complexity index is 132. The van der Waals surface area contributed by atoms with Crippen LogP contribution in [0.1, 0.15) is 38.5 Å². The van der Waals surface area contributed by atoms with Crippen molar-refractivity contribution in [3.05, 3.63) is 0 Å². The van der Waals surface area contributed by atoms with Crippen molar-refractivity contribution in [1.29, 1.82) is 0 Å². The summed E-state index contributed by atoms with van der Waals surface area (Å²) in [6, 6.07) is 0.845. The Morgan fingerprint density at radius 1 is 1.00 bits per heavy atom. The lowest BCUT2D eigenvalue weighted by atomic mass is 9.90. The Balaban J connectivity index is 1.88. The fourth-order valence-corrected chi connectivity index (χ4v) is 2.45. The van der Waals surface area contributed by atoms with Gasteiger partial charge >= 0.3 is 0 Å². The summed E-state index contributed by atoms with van der Waals surface area (Å²) >= 11 is 6.22. The molecule has 2 rings (SSSR count). The van der Waals surface area contributed by atoms with Crippen LogP contribution in [0.3, 0.4) is 0 Å². The fourth-order valence-electron chi connectivity index (χ4n) is 2.04. The molecule has 1 nitrogen and oxygen atoms in total. The van der Waals surface area contributed by atoms with Crippen molar-refractivity contribution >= 4 is 11.6 Å². The predicted octanol–water partition coefficient (Wildman–Crippen LogP) is 2.59. The topological polar surface area (TPSA) is 3.24 Å². The van der Waals surface area contributed by atoms with Gasteiger partial charge in [0, 0.05) is 6.04 Å². The first-order valence-electron chi connectivity index (χ1n) is 4.78. The second-order valence-corrected chi connectivity index (χ2v) is 4.26. The van der Waals surface area contributed by atoms with Crippen molar-refractivity contribution < 1.29 is 0 Å². The Hall–Kier alpha value is 0.250. The molecule has 1 unspecified atom stereocenters. The van der Waals surface area contributed by atoms with Crippen molar-refractivity contribution in [2.45, 2.75) is 50.1 Å². The molecule has 0 aromatic carbocycles. The van der Waals surface area contributed by atoms with E-state index in [0.29, 0.717) is 5.50 Å². The summed E-state index contributed by atoms with van der Waals surface area (Å²) < 4.78 is 0. The Kier molecular flexibility index (Phi) is 2.38. The van der Waals surface area contributed by atoms with E-state index in [1.807, 2.05) is 0 Å². The summed E-state index contributed by atoms with van der Waals surface area (Å²) in [6.45, 7) is 1.25. The number of rotatable bonds is 1. The highest BCUT2D eigenvalue weighted by Gasteiger charge is 2.30. The van der Waals surface area contributed by atoms with E-state index in [1.165, 1.54) is 45.1 Å². The SMILES string of the molecule is ClC1CCCCN1C1CCC1. The van der Waals surface area contributed by atoms with Crippen LogP contribution in [0.5, 0.6) is 0 Å². The second-order valence-electron chi connectivity index (χ2n) is 3.75. The molecule has 2 fully saturated rings. The number of alkyl halides is 1. The molecular formula is C9H16ClN. The number of nitrogens with zero attached hydrogens (tertiary/aromatic N) is 1. The van der Waals surface area contributed by atoms with Gasteiger partial charge in [0.2, 0.25) is 0 Å². The lowest BCUT2D eigenvalue weighted by Gasteiger charge is -2.42. The normalized spacial score (nSPS) is 35.2. The highest BCUT2D eigenvalue weighted by molar-refractivity contribution is 6.20. The van der Waals surface area contributed by atoms with Gasteiger partial charge in [0.1, 0.15) is 0 Å². The number of piperidine rings is 1. The second kappa shape index (κ2) is 3.32. The predicted molar refractivity (Wildman–Crippen MR) is 47.8 cm³/mol. The molecule has 1 aliphatic carbocycles. The van der Waals surface area contributed by atoms with Crippen LogP contribution < -0.4 is 0 Å². The molecule has 0 bridgehead atoms. The number of hydrogen-bond acceptors (Lipinski definition) is 1. The maximum absolute atomic E-state index is 6.22. The fraction of sp³-hybridized carbons (Fsp3) is 1.00. The molecule has 1 atom stereocenters. The number of likely N-dealkylation sites (tertiary alicyclic amines) is 1. The van der Waals surface area contributed by atoms with E-state index in [0.717, 1.165) is 6.04 Å². The molecule has 1 saturated heterocycles. The van der Waals surface area contributed by atoms with Crippen LogP contribution in [0, 0.1) is 0 Å². The van der Waals surface area contributed by atoms with E-state index >= 15 is 0 Å². The standard InChI is InChI=1S/C9H16ClN/c10-9-6-1-2-7-11(9)8-4-3-5-8/h8-9H,1-7H2. The highest BCUT2D eigenvalue weighted by atomic mass is 35.5. The lowest BCUT2D eigenvalue weighted by Crippen LogP contribution is -2.46. The van der Waals surface area contributed by atoms with E-state index < -0.39 is 0 Å². The minimum absolute atomic E-state index is 0.356. The van der Waals surface area contributed by atoms with Crippen molar-refractivity contribution in [3.63, 3.8) is 0 Å². The molecule has 0 radical (unpaired) electrons. The third-order valence-electron chi connectivity index (χ3n) is 3.01. The van der Waals surface area contributed by atoms with Crippen molar-refractivity contribution in [1.82, 2.24) is 4.90 Å². The van der Waals surface area contributed by atoms with Crippen LogP contribution in [0.15, 0.2) is 0 Å². The summed E-state index contributed by atoms with van der Waals surface area (Å²) in [7, 11) is 0. The monoisotopic (exact) mass is 173 g/mol. The zero-order valence-electron chi connectivity index (χ0n) is 6.93. The Morgan fingerprint density at radius 3 is 2.36 bits per heavy atom. The quantitative estimate of drug-likeness (QED) is 0.435. The van der Waals surface area contributed by atoms with Crippen LogP contribution in [0.2, 0.25) is 0 Å². The molecule has 2 heteroatoms. The van der Waals surface area contributed by atoms with Gasteiger partial charge < -0.3 is 0 Å². The van der Waals surface area contributed by atoms with E-state index in [-0.39, 0.29) is 0 Å². The first-order valence-corrected chi connectivity index (χ1v) is 5.21. The maximum atomic E-state index is 6.22. The van der Waals surface area contributed by atoms with Crippen LogP contribution in [-0.2, 0) is 0 Å². The van der Waals surface area contributed by atoms with Crippen molar-refractivity contribution in [2.24, 2.45) is 0 Å². The average Bonchev–Trinajstić information content (AvgIpc) is 1.90. The lowest BCUT2D eigenvalue weighted by molar-refractivity contribution is 0.0869. The summed E-state index contributed by atoms with van der Waals surface area (Å²) in [5, 5.41) is 0. The smallest absolute Gasteiger partial charge is 0.0852 e. The van der Waals surface area contributed by atoms with E-state index in [1.54, 1.807) is 0 Å². The number of halogens is 1. The van der Waals surface area contributed by atoms with E-state index in [2.05, 4.69) is 4.90 Å². The number of hydrogen-bond donors (Lipinski definition) is 0. The van der Waals surface area contributed by atoms with Crippen LogP contribution in [0.25, 0.3) is 0 Å². The average molecular weight is 174 g/mol. The summed E-state index contributed by atoms with van der Waals surface area (Å²) in [5.74, 6) is 0. The van der Waals surface area contributed by atoms with E-state index in [9.17, 15) is 0 Å². The summed E-state index contributed by atoms with van der Waals surface area (Å²) in [4.78, 5) is 2.51. The van der Waals surface area contributed by atoms with Gasteiger partial charge in [-0.2, -0.15) is 0 Å². The third-order valence-corrected chi connectivity index (χ3v) is 3.48. The zero-order valence-corrected chi connectivity index (χ0v) is 7.69. The van der Waals surface area contributed by atoms with E-state index in [4.69, 9.17) is 11.6 Å². The largest absolute Gasteiger partial charge is 0.284 e. The van der Waals surface area contributed by atoms with Crippen LogP contribution in [0.4, 0.5) is 0 Å². The van der Waals surface area contributed by atoms with Gasteiger partial charge in [0.05, 0.1) is 5.50 Å². The minimum atomic E-state index is 0.356. The van der Waals surface area contributed by atoms with Gasteiger partial charge in [-0.15, -0.1) is 11.6 Å². The molecule has 0 spiro atoms. The maximum Gasteiger partial charge on any atom is 0.0852 e. The van der Waals surface area contributed by atoms with Gasteiger partial charge in [-0.05, 0) is 38.6 Å². The first kappa shape index (κ1) is 7.88. The van der Waals surface area contributed by atoms with Crippen molar-refractivity contribution in [2.75, 3.05) is 6.54 Å². The molecular weight excluding hydrogens is 158 g/mol. The van der Waals surface area contributed by atoms with Gasteiger partial charge in [-0.1, -0.05) is 6.42 Å². The van der Waals surface area contributed by atoms with Crippen molar-refractivity contribution in [3.8, 4) is 0 Å². The van der Waals surface area contributed by atoms with Crippen LogP contribution in [-0.4, -0.2) is 23.0 Å². The molecule has 0 N–H and O–H groups in total. The molecule has 11 heavy (non-hydrogen) atoms. The molecule has 1 aliphatic heterocycles. The zero-order chi connectivity index (χ0) is 7.68.